The van der Waals surface area contributed by atoms with Crippen molar-refractivity contribution in [1.82, 2.24) is 0 Å². The van der Waals surface area contributed by atoms with Crippen molar-refractivity contribution in [2.24, 2.45) is 5.73 Å². The van der Waals surface area contributed by atoms with Crippen LogP contribution < -0.4 is 5.73 Å². The van der Waals surface area contributed by atoms with E-state index in [2.05, 4.69) is 74.6 Å². The Balaban J connectivity index is 4.48. The lowest BCUT2D eigenvalue weighted by atomic mass is 10.1. The van der Waals surface area contributed by atoms with Gasteiger partial charge in [0.15, 0.2) is 6.10 Å². The fourth-order valence-corrected chi connectivity index (χ4v) is 5.87. The van der Waals surface area contributed by atoms with E-state index in [-0.39, 0.29) is 32.6 Å². The van der Waals surface area contributed by atoms with Gasteiger partial charge in [0.25, 0.3) is 0 Å². The topological polar surface area (TPSA) is 175 Å². The largest absolute Gasteiger partial charge is 0.472 e. The van der Waals surface area contributed by atoms with Gasteiger partial charge in [-0.05, 0) is 77.0 Å². The molecule has 0 spiro atoms. The molecule has 59 heavy (non-hydrogen) atoms. The van der Waals surface area contributed by atoms with E-state index in [1.807, 2.05) is 30.4 Å². The molecule has 0 amide bonds. The highest BCUT2D eigenvalue weighted by molar-refractivity contribution is 7.47. The molecule has 1 unspecified atom stereocenters. The van der Waals surface area contributed by atoms with Crippen molar-refractivity contribution in [1.29, 1.82) is 0 Å². The maximum absolute atomic E-state index is 12.6. The summed E-state index contributed by atoms with van der Waals surface area (Å²) in [4.78, 5) is 34.9. The third kappa shape index (κ3) is 41.1. The van der Waals surface area contributed by atoms with Crippen molar-refractivity contribution in [2.75, 3.05) is 26.4 Å². The van der Waals surface area contributed by atoms with Gasteiger partial charge in [-0.15, -0.1) is 0 Å². The lowest BCUT2D eigenvalue weighted by molar-refractivity contribution is -0.161. The molecule has 0 aliphatic rings. The molecule has 0 rings (SSSR count). The first-order valence-electron chi connectivity index (χ1n) is 21.6. The van der Waals surface area contributed by atoms with E-state index in [4.69, 9.17) is 24.3 Å². The van der Waals surface area contributed by atoms with Crippen molar-refractivity contribution < 1.29 is 47.8 Å². The van der Waals surface area contributed by atoms with Crippen molar-refractivity contribution >= 4 is 19.8 Å². The molecular formula is C47H76NO10P. The van der Waals surface area contributed by atoms with E-state index in [0.717, 1.165) is 77.0 Å². The summed E-state index contributed by atoms with van der Waals surface area (Å²) in [5.74, 6) is -1.11. The molecule has 0 bridgehead atoms. The van der Waals surface area contributed by atoms with Crippen LogP contribution in [0.2, 0.25) is 0 Å². The van der Waals surface area contributed by atoms with Gasteiger partial charge in [-0.3, -0.25) is 18.6 Å². The summed E-state index contributed by atoms with van der Waals surface area (Å²) >= 11 is 0. The van der Waals surface area contributed by atoms with E-state index in [1.165, 1.54) is 0 Å². The van der Waals surface area contributed by atoms with Crippen LogP contribution in [0.3, 0.4) is 0 Å². The Morgan fingerprint density at radius 3 is 1.73 bits per heavy atom. The van der Waals surface area contributed by atoms with Gasteiger partial charge in [0.2, 0.25) is 0 Å². The van der Waals surface area contributed by atoms with Crippen molar-refractivity contribution in [3.63, 3.8) is 0 Å². The molecule has 0 fully saturated rings. The lowest BCUT2D eigenvalue weighted by Crippen LogP contribution is -2.29. The smallest absolute Gasteiger partial charge is 0.462 e. The average molecular weight is 846 g/mol. The highest BCUT2D eigenvalue weighted by atomic mass is 31.2. The van der Waals surface area contributed by atoms with Gasteiger partial charge < -0.3 is 30.3 Å². The monoisotopic (exact) mass is 846 g/mol. The minimum atomic E-state index is -4.45. The minimum absolute atomic E-state index is 0.00818. The zero-order valence-electron chi connectivity index (χ0n) is 35.9. The molecule has 4 atom stereocenters. The summed E-state index contributed by atoms with van der Waals surface area (Å²) in [6.07, 6.45) is 47.6. The Hall–Kier alpha value is -3.41. The maximum atomic E-state index is 12.6. The molecule has 11 nitrogen and oxygen atoms in total. The Morgan fingerprint density at radius 2 is 1.15 bits per heavy atom. The fourth-order valence-electron chi connectivity index (χ4n) is 5.11. The van der Waals surface area contributed by atoms with Gasteiger partial charge in [-0.1, -0.05) is 149 Å². The molecular weight excluding hydrogens is 769 g/mol. The fraction of sp³-hybridized carbons (Fsp3) is 0.574. The molecule has 0 aromatic rings. The second kappa shape index (κ2) is 41.3. The van der Waals surface area contributed by atoms with Crippen LogP contribution in [0.5, 0.6) is 0 Å². The number of rotatable bonds is 38. The van der Waals surface area contributed by atoms with Crippen LogP contribution in [0.1, 0.15) is 129 Å². The van der Waals surface area contributed by atoms with Gasteiger partial charge in [-0.2, -0.15) is 0 Å². The number of hydrogen-bond donors (Lipinski definition) is 4. The highest BCUT2D eigenvalue weighted by Gasteiger charge is 2.26. The predicted molar refractivity (Wildman–Crippen MR) is 240 cm³/mol. The van der Waals surface area contributed by atoms with Crippen molar-refractivity contribution in [3.8, 4) is 0 Å². The van der Waals surface area contributed by atoms with Crippen LogP contribution in [-0.2, 0) is 32.7 Å². The molecule has 0 aromatic heterocycles. The quantitative estimate of drug-likeness (QED) is 0.0153. The van der Waals surface area contributed by atoms with E-state index >= 15 is 0 Å². The average Bonchev–Trinajstić information content (AvgIpc) is 3.21. The normalized spacial score (nSPS) is 15.4. The summed E-state index contributed by atoms with van der Waals surface area (Å²) in [6, 6.07) is 0. The number of aliphatic hydroxyl groups excluding tert-OH is 2. The van der Waals surface area contributed by atoms with Crippen LogP contribution in [0.15, 0.2) is 109 Å². The van der Waals surface area contributed by atoms with Gasteiger partial charge in [0, 0.05) is 19.4 Å². The maximum Gasteiger partial charge on any atom is 0.472 e. The Kier molecular flexibility index (Phi) is 38.9. The number of nitrogens with two attached hydrogens (primary N) is 1. The third-order valence-corrected chi connectivity index (χ3v) is 9.34. The highest BCUT2D eigenvalue weighted by Crippen LogP contribution is 2.43. The summed E-state index contributed by atoms with van der Waals surface area (Å²) in [7, 11) is -4.45. The van der Waals surface area contributed by atoms with E-state index in [1.54, 1.807) is 18.2 Å². The van der Waals surface area contributed by atoms with Crippen LogP contribution in [0, 0.1) is 0 Å². The number of phosphoric ester groups is 1. The van der Waals surface area contributed by atoms with Gasteiger partial charge >= 0.3 is 19.8 Å². The van der Waals surface area contributed by atoms with Crippen molar-refractivity contribution in [3.05, 3.63) is 109 Å². The summed E-state index contributed by atoms with van der Waals surface area (Å²) in [5.41, 5.74) is 5.33. The molecule has 0 aliphatic carbocycles. The second-order valence-corrected chi connectivity index (χ2v) is 15.3. The number of carbonyl (C=O) groups excluding carboxylic acids is 2. The standard InChI is InChI=1S/C47H76NO10P/c1-3-5-7-8-9-10-11-12-13-14-15-16-17-18-19-20-24-27-31-37-47(52)58-45(42-57-59(53,54)56-40-39-48)41-55-46(51)38-32-36-44(50)35-30-26-23-21-22-25-29-34-43(49)33-28-6-4-2/h5,7,9-10,12-13,15-16,18-19,22-23,25-26,29-30,34-35,43-45,49-50H,3-4,6,8,11,14,17,20-21,24,27-28,31-33,36-42,48H2,1-2H3,(H,53,54)/b7-5-,10-9-,13-12-,16-15-,19-18-,25-22-,26-23-,34-29+,35-30+/t43-,44-,45+/m0/s1. The molecule has 5 N–H and O–H groups in total. The molecule has 0 saturated heterocycles. The molecule has 0 aromatic carbocycles. The van der Waals surface area contributed by atoms with Crippen LogP contribution in [0.25, 0.3) is 0 Å². The molecule has 0 heterocycles. The Morgan fingerprint density at radius 1 is 0.610 bits per heavy atom. The number of phosphoric acid groups is 1. The summed E-state index contributed by atoms with van der Waals surface area (Å²) < 4.78 is 32.6. The van der Waals surface area contributed by atoms with E-state index in [0.29, 0.717) is 25.7 Å². The van der Waals surface area contributed by atoms with Crippen LogP contribution in [-0.4, -0.2) is 71.7 Å². The number of unbranched alkanes of at least 4 members (excludes halogenated alkanes) is 5. The number of hydrogen-bond acceptors (Lipinski definition) is 10. The minimum Gasteiger partial charge on any atom is -0.462 e. The molecule has 0 radical (unpaired) electrons. The van der Waals surface area contributed by atoms with Crippen LogP contribution >= 0.6 is 7.82 Å². The number of esters is 2. The Bertz CT molecular complexity index is 1360. The molecule has 0 saturated carbocycles. The lowest BCUT2D eigenvalue weighted by Gasteiger charge is -2.20. The molecule has 0 aliphatic heterocycles. The molecule has 334 valence electrons. The van der Waals surface area contributed by atoms with Gasteiger partial charge in [0.1, 0.15) is 6.61 Å². The first-order chi connectivity index (χ1) is 28.6. The first kappa shape index (κ1) is 55.6. The predicted octanol–water partition coefficient (Wildman–Crippen LogP) is 10.3. The number of ether oxygens (including phenoxy) is 2. The summed E-state index contributed by atoms with van der Waals surface area (Å²) in [6.45, 7) is 3.18. The second-order valence-electron chi connectivity index (χ2n) is 13.9. The van der Waals surface area contributed by atoms with Crippen molar-refractivity contribution in [2.45, 2.75) is 148 Å². The summed E-state index contributed by atoms with van der Waals surface area (Å²) in [5, 5.41) is 20.1. The van der Waals surface area contributed by atoms with Crippen LogP contribution in [0.4, 0.5) is 0 Å². The number of carbonyl (C=O) groups is 2. The number of aliphatic hydroxyl groups is 2. The zero-order valence-corrected chi connectivity index (χ0v) is 36.8. The first-order valence-corrected chi connectivity index (χ1v) is 23.1. The van der Waals surface area contributed by atoms with E-state index < -0.39 is 44.7 Å². The zero-order chi connectivity index (χ0) is 43.5. The third-order valence-electron chi connectivity index (χ3n) is 8.35. The Labute approximate surface area is 355 Å². The molecule has 12 heteroatoms. The van der Waals surface area contributed by atoms with Gasteiger partial charge in [0.05, 0.1) is 25.4 Å². The van der Waals surface area contributed by atoms with E-state index in [9.17, 15) is 29.3 Å². The van der Waals surface area contributed by atoms with Gasteiger partial charge in [-0.25, -0.2) is 4.57 Å². The SMILES string of the molecule is CC/C=C\C/C=C\C/C=C\C/C=C\C/C=C\CCCCCC(=O)O[C@H](COC(=O)CCC[C@@H](O)/C=C/C=C\C/C=C\C=C\[C@@H](O)CCCCC)COP(=O)(O)OCCN. The number of allylic oxidation sites excluding steroid dienone is 16.